The summed E-state index contributed by atoms with van der Waals surface area (Å²) in [4.78, 5) is 42.0. The van der Waals surface area contributed by atoms with Gasteiger partial charge in [0.2, 0.25) is 6.79 Å². The van der Waals surface area contributed by atoms with Crippen molar-refractivity contribution in [1.82, 2.24) is 5.32 Å². The molecular formula is C31H34N2O6S. The Balaban J connectivity index is 1.43. The third-order valence-electron chi connectivity index (χ3n) is 8.09. The van der Waals surface area contributed by atoms with Gasteiger partial charge in [0.1, 0.15) is 5.00 Å². The number of carbonyl (C=O) groups excluding carboxylic acids is 3. The summed E-state index contributed by atoms with van der Waals surface area (Å²) in [5.41, 5.74) is 4.66. The van der Waals surface area contributed by atoms with E-state index in [1.165, 1.54) is 11.3 Å². The minimum absolute atomic E-state index is 0.0259. The van der Waals surface area contributed by atoms with Gasteiger partial charge in [-0.2, -0.15) is 0 Å². The highest BCUT2D eigenvalue weighted by Gasteiger charge is 2.43. The van der Waals surface area contributed by atoms with Crippen molar-refractivity contribution in [3.63, 3.8) is 0 Å². The summed E-state index contributed by atoms with van der Waals surface area (Å²) in [6.45, 7) is 8.21. The molecule has 1 aromatic carbocycles. The molecule has 1 atom stereocenters. The van der Waals surface area contributed by atoms with Crippen LogP contribution in [0.5, 0.6) is 11.5 Å². The average Bonchev–Trinajstić information content (AvgIpc) is 3.50. The van der Waals surface area contributed by atoms with Crippen LogP contribution in [0.25, 0.3) is 0 Å². The molecule has 210 valence electrons. The molecule has 0 radical (unpaired) electrons. The zero-order valence-electron chi connectivity index (χ0n) is 23.3. The Labute approximate surface area is 237 Å². The van der Waals surface area contributed by atoms with E-state index >= 15 is 0 Å². The second-order valence-electron chi connectivity index (χ2n) is 11.6. The first-order chi connectivity index (χ1) is 19.2. The second-order valence-corrected chi connectivity index (χ2v) is 12.7. The molecule has 3 heterocycles. The lowest BCUT2D eigenvalue weighted by Crippen LogP contribution is -2.39. The maximum atomic E-state index is 14.2. The predicted molar refractivity (Wildman–Crippen MR) is 152 cm³/mol. The van der Waals surface area contributed by atoms with Crippen LogP contribution in [0.2, 0.25) is 0 Å². The van der Waals surface area contributed by atoms with E-state index in [2.05, 4.69) is 24.5 Å². The van der Waals surface area contributed by atoms with E-state index in [9.17, 15) is 14.4 Å². The van der Waals surface area contributed by atoms with Gasteiger partial charge in [-0.1, -0.05) is 19.9 Å². The number of esters is 1. The average molecular weight is 563 g/mol. The van der Waals surface area contributed by atoms with Crippen LogP contribution in [0.4, 0.5) is 5.00 Å². The van der Waals surface area contributed by atoms with Crippen molar-refractivity contribution in [2.24, 2.45) is 5.41 Å². The summed E-state index contributed by atoms with van der Waals surface area (Å²) in [6, 6.07) is 5.59. The number of hydrogen-bond donors (Lipinski definition) is 2. The first kappa shape index (κ1) is 26.6. The highest BCUT2D eigenvalue weighted by atomic mass is 32.1. The molecule has 0 saturated heterocycles. The minimum Gasteiger partial charge on any atom is -0.462 e. The molecule has 2 N–H and O–H groups in total. The van der Waals surface area contributed by atoms with Gasteiger partial charge in [0.15, 0.2) is 17.3 Å². The maximum absolute atomic E-state index is 14.2. The number of benzene rings is 1. The molecule has 2 aliphatic carbocycles. The fraction of sp³-hybridized carbons (Fsp3) is 0.452. The Bertz CT molecular complexity index is 1500. The molecule has 1 unspecified atom stereocenters. The molecule has 0 spiro atoms. The Morgan fingerprint density at radius 1 is 1.15 bits per heavy atom. The van der Waals surface area contributed by atoms with E-state index in [4.69, 9.17) is 14.2 Å². The lowest BCUT2D eigenvalue weighted by Gasteiger charge is -2.39. The number of anilines is 1. The van der Waals surface area contributed by atoms with Crippen LogP contribution in [0.15, 0.2) is 40.7 Å². The van der Waals surface area contributed by atoms with E-state index in [0.29, 0.717) is 51.7 Å². The highest BCUT2D eigenvalue weighted by molar-refractivity contribution is 7.17. The molecule has 2 aliphatic heterocycles. The number of carbonyl (C=O) groups is 3. The van der Waals surface area contributed by atoms with Gasteiger partial charge in [-0.15, -0.1) is 11.3 Å². The van der Waals surface area contributed by atoms with Crippen molar-refractivity contribution < 1.29 is 28.6 Å². The largest absolute Gasteiger partial charge is 0.462 e. The molecule has 8 nitrogen and oxygen atoms in total. The monoisotopic (exact) mass is 562 g/mol. The highest BCUT2D eigenvalue weighted by Crippen LogP contribution is 2.49. The molecule has 1 aromatic heterocycles. The molecule has 40 heavy (non-hydrogen) atoms. The number of hydrogen-bond acceptors (Lipinski definition) is 8. The van der Waals surface area contributed by atoms with Crippen molar-refractivity contribution in [2.75, 3.05) is 18.7 Å². The van der Waals surface area contributed by atoms with E-state index < -0.39 is 11.9 Å². The topological polar surface area (TPSA) is 103 Å². The number of nitrogens with one attached hydrogen (secondary N) is 2. The summed E-state index contributed by atoms with van der Waals surface area (Å²) in [7, 11) is 0. The molecule has 0 bridgehead atoms. The fourth-order valence-electron chi connectivity index (χ4n) is 6.41. The van der Waals surface area contributed by atoms with Gasteiger partial charge in [0.05, 0.1) is 12.2 Å². The zero-order chi connectivity index (χ0) is 28.2. The Morgan fingerprint density at radius 2 is 1.93 bits per heavy atom. The van der Waals surface area contributed by atoms with Crippen molar-refractivity contribution in [3.8, 4) is 11.5 Å². The number of amides is 1. The van der Waals surface area contributed by atoms with E-state index in [1.54, 1.807) is 6.92 Å². The SMILES string of the molecule is CCOC(=O)c1c(NC(=O)C2=C(C)NC3=C(C(=O)CC(C)(C)C3)C2c2ccc3c(c2)OCO3)sc2c1CCCC2. The maximum Gasteiger partial charge on any atom is 0.341 e. The van der Waals surface area contributed by atoms with Crippen LogP contribution in [-0.2, 0) is 27.2 Å². The Morgan fingerprint density at radius 3 is 2.73 bits per heavy atom. The number of fused-ring (bicyclic) bond motifs is 2. The van der Waals surface area contributed by atoms with E-state index in [0.717, 1.165) is 47.4 Å². The lowest BCUT2D eigenvalue weighted by atomic mass is 9.68. The van der Waals surface area contributed by atoms with Gasteiger partial charge in [-0.05, 0) is 74.6 Å². The van der Waals surface area contributed by atoms with Crippen LogP contribution in [0.3, 0.4) is 0 Å². The van der Waals surface area contributed by atoms with Crippen molar-refractivity contribution >= 4 is 34.0 Å². The summed E-state index contributed by atoms with van der Waals surface area (Å²) in [6.07, 6.45) is 4.82. The van der Waals surface area contributed by atoms with Crippen LogP contribution in [0, 0.1) is 5.41 Å². The third-order valence-corrected chi connectivity index (χ3v) is 9.30. The molecule has 6 rings (SSSR count). The van der Waals surface area contributed by atoms with Gasteiger partial charge >= 0.3 is 5.97 Å². The number of rotatable bonds is 5. The second kappa shape index (κ2) is 10.1. The predicted octanol–water partition coefficient (Wildman–Crippen LogP) is 5.78. The number of dihydropyridines is 1. The summed E-state index contributed by atoms with van der Waals surface area (Å²) >= 11 is 1.45. The number of aryl methyl sites for hydroxylation is 1. The van der Waals surface area contributed by atoms with Crippen LogP contribution in [-0.4, -0.2) is 31.1 Å². The third kappa shape index (κ3) is 4.60. The minimum atomic E-state index is -0.588. The smallest absolute Gasteiger partial charge is 0.341 e. The molecular weight excluding hydrogens is 528 g/mol. The van der Waals surface area contributed by atoms with Gasteiger partial charge in [-0.25, -0.2) is 4.79 Å². The summed E-state index contributed by atoms with van der Waals surface area (Å²) < 4.78 is 16.6. The van der Waals surface area contributed by atoms with Gasteiger partial charge in [-0.3, -0.25) is 9.59 Å². The first-order valence-electron chi connectivity index (χ1n) is 13.9. The zero-order valence-corrected chi connectivity index (χ0v) is 24.1. The summed E-state index contributed by atoms with van der Waals surface area (Å²) in [5.74, 6) is -0.0895. The molecule has 0 saturated carbocycles. The lowest BCUT2D eigenvalue weighted by molar-refractivity contribution is -0.118. The molecule has 0 fully saturated rings. The number of ether oxygens (including phenoxy) is 3. The van der Waals surface area contributed by atoms with Crippen molar-refractivity contribution in [3.05, 3.63) is 62.3 Å². The standard InChI is InChI=1S/C31H34N2O6S/c1-5-37-30(36)26-18-8-6-7-9-23(18)40-29(26)33-28(35)24-16(2)32-19-13-31(3,4)14-20(34)27(19)25(24)17-10-11-21-22(12-17)39-15-38-21/h10-12,25,32H,5-9,13-15H2,1-4H3,(H,33,35). The Hall–Kier alpha value is -3.59. The number of ketones is 1. The van der Waals surface area contributed by atoms with E-state index in [1.807, 2.05) is 25.1 Å². The molecule has 2 aromatic rings. The Kier molecular flexibility index (Phi) is 6.73. The van der Waals surface area contributed by atoms with Crippen molar-refractivity contribution in [2.45, 2.75) is 72.1 Å². The first-order valence-corrected chi connectivity index (χ1v) is 14.7. The van der Waals surface area contributed by atoms with Gasteiger partial charge < -0.3 is 24.8 Å². The fourth-order valence-corrected chi connectivity index (χ4v) is 7.68. The van der Waals surface area contributed by atoms with E-state index in [-0.39, 0.29) is 30.5 Å². The van der Waals surface area contributed by atoms with Crippen LogP contribution < -0.4 is 20.1 Å². The van der Waals surface area contributed by atoms with Crippen LogP contribution in [0.1, 0.15) is 85.7 Å². The van der Waals surface area contributed by atoms with Gasteiger partial charge in [0.25, 0.3) is 5.91 Å². The van der Waals surface area contributed by atoms with Gasteiger partial charge in [0, 0.05) is 39.8 Å². The number of thiophene rings is 1. The number of allylic oxidation sites excluding steroid dienone is 3. The van der Waals surface area contributed by atoms with Crippen LogP contribution >= 0.6 is 11.3 Å². The normalized spacial score (nSPS) is 21.0. The van der Waals surface area contributed by atoms with Crippen molar-refractivity contribution in [1.29, 1.82) is 0 Å². The number of Topliss-reactive ketones (excluding diaryl/α,β-unsaturated/α-hetero) is 1. The molecule has 9 heteroatoms. The summed E-state index contributed by atoms with van der Waals surface area (Å²) in [5, 5.41) is 7.00. The quantitative estimate of drug-likeness (QED) is 0.446. The molecule has 4 aliphatic rings. The molecule has 1 amide bonds.